The van der Waals surface area contributed by atoms with E-state index in [-0.39, 0.29) is 0 Å². The zero-order valence-electron chi connectivity index (χ0n) is 13.1. The molecule has 3 nitrogen and oxygen atoms in total. The molecule has 1 aromatic carbocycles. The number of likely N-dealkylation sites (tertiary alicyclic amines) is 1. The maximum atomic E-state index is 5.29. The first-order valence-corrected chi connectivity index (χ1v) is 7.76. The normalized spacial score (nSPS) is 17.6. The van der Waals surface area contributed by atoms with Gasteiger partial charge < -0.3 is 10.1 Å². The second-order valence-electron chi connectivity index (χ2n) is 6.13. The lowest BCUT2D eigenvalue weighted by Crippen LogP contribution is -2.38. The summed E-state index contributed by atoms with van der Waals surface area (Å²) in [6.45, 7) is 9.07. The highest BCUT2D eigenvalue weighted by Gasteiger charge is 2.19. The molecule has 0 amide bonds. The Labute approximate surface area is 123 Å². The third-order valence-corrected chi connectivity index (χ3v) is 4.06. The monoisotopic (exact) mass is 276 g/mol. The van der Waals surface area contributed by atoms with Crippen molar-refractivity contribution in [2.75, 3.05) is 26.7 Å². The zero-order valence-corrected chi connectivity index (χ0v) is 13.1. The summed E-state index contributed by atoms with van der Waals surface area (Å²) in [4.78, 5) is 2.56. The first-order chi connectivity index (χ1) is 9.67. The maximum Gasteiger partial charge on any atom is 0.119 e. The summed E-state index contributed by atoms with van der Waals surface area (Å²) < 4.78 is 5.29. The van der Waals surface area contributed by atoms with E-state index < -0.39 is 0 Å². The molecular weight excluding hydrogens is 248 g/mol. The number of hydrogen-bond acceptors (Lipinski definition) is 3. The fraction of sp³-hybridized carbons (Fsp3) is 0.647. The molecule has 20 heavy (non-hydrogen) atoms. The largest absolute Gasteiger partial charge is 0.497 e. The van der Waals surface area contributed by atoms with Gasteiger partial charge in [0.15, 0.2) is 0 Å². The fourth-order valence-electron chi connectivity index (χ4n) is 2.78. The topological polar surface area (TPSA) is 24.5 Å². The molecule has 0 bridgehead atoms. The summed E-state index contributed by atoms with van der Waals surface area (Å²) in [6, 6.07) is 9.02. The van der Waals surface area contributed by atoms with Gasteiger partial charge >= 0.3 is 0 Å². The second-order valence-corrected chi connectivity index (χ2v) is 6.13. The van der Waals surface area contributed by atoms with Crippen molar-refractivity contribution in [2.24, 2.45) is 5.92 Å². The van der Waals surface area contributed by atoms with Crippen molar-refractivity contribution >= 4 is 0 Å². The molecule has 1 heterocycles. The molecule has 2 rings (SSSR count). The fourth-order valence-corrected chi connectivity index (χ4v) is 2.78. The van der Waals surface area contributed by atoms with E-state index in [0.717, 1.165) is 18.2 Å². The highest BCUT2D eigenvalue weighted by molar-refractivity contribution is 5.28. The summed E-state index contributed by atoms with van der Waals surface area (Å²) in [5.74, 6) is 1.80. The molecule has 0 atom stereocenters. The number of nitrogens with one attached hydrogen (secondary N) is 1. The molecule has 1 fully saturated rings. The standard InChI is InChI=1S/C17H28N2O/c1-14(2)18-12-15-7-9-19(10-8-15)13-16-5-4-6-17(11-16)20-3/h4-6,11,14-15,18H,7-10,12-13H2,1-3H3. The van der Waals surface area contributed by atoms with Gasteiger partial charge in [-0.05, 0) is 56.1 Å². The molecule has 1 aliphatic heterocycles. The summed E-state index contributed by atoms with van der Waals surface area (Å²) in [5.41, 5.74) is 1.35. The Kier molecular flexibility index (Phi) is 5.86. The quantitative estimate of drug-likeness (QED) is 0.864. The molecule has 0 spiro atoms. The molecule has 0 aliphatic carbocycles. The van der Waals surface area contributed by atoms with E-state index in [1.807, 2.05) is 6.07 Å². The van der Waals surface area contributed by atoms with Gasteiger partial charge in [0.1, 0.15) is 5.75 Å². The Balaban J connectivity index is 1.76. The van der Waals surface area contributed by atoms with E-state index in [4.69, 9.17) is 4.74 Å². The van der Waals surface area contributed by atoms with Crippen LogP contribution >= 0.6 is 0 Å². The van der Waals surface area contributed by atoms with Crippen molar-refractivity contribution in [1.29, 1.82) is 0 Å². The molecule has 1 saturated heterocycles. The molecule has 3 heteroatoms. The molecule has 0 unspecified atom stereocenters. The smallest absolute Gasteiger partial charge is 0.119 e. The van der Waals surface area contributed by atoms with Gasteiger partial charge in [-0.25, -0.2) is 0 Å². The zero-order chi connectivity index (χ0) is 14.4. The molecule has 0 saturated carbocycles. The Hall–Kier alpha value is -1.06. The van der Waals surface area contributed by atoms with Crippen LogP contribution in [-0.4, -0.2) is 37.7 Å². The van der Waals surface area contributed by atoms with Crippen LogP contribution < -0.4 is 10.1 Å². The van der Waals surface area contributed by atoms with Gasteiger partial charge in [-0.1, -0.05) is 26.0 Å². The van der Waals surface area contributed by atoms with E-state index in [2.05, 4.69) is 42.3 Å². The van der Waals surface area contributed by atoms with E-state index in [1.54, 1.807) is 7.11 Å². The summed E-state index contributed by atoms with van der Waals surface area (Å²) in [6.07, 6.45) is 2.62. The number of piperidine rings is 1. The van der Waals surface area contributed by atoms with Crippen LogP contribution in [0.1, 0.15) is 32.3 Å². The van der Waals surface area contributed by atoms with Crippen molar-refractivity contribution in [3.63, 3.8) is 0 Å². The number of methoxy groups -OCH3 is 1. The number of benzene rings is 1. The van der Waals surface area contributed by atoms with Crippen LogP contribution in [0.4, 0.5) is 0 Å². The lowest BCUT2D eigenvalue weighted by molar-refractivity contribution is 0.174. The number of nitrogens with zero attached hydrogens (tertiary/aromatic N) is 1. The van der Waals surface area contributed by atoms with Gasteiger partial charge in [0.2, 0.25) is 0 Å². The predicted molar refractivity (Wildman–Crippen MR) is 84.1 cm³/mol. The highest BCUT2D eigenvalue weighted by atomic mass is 16.5. The van der Waals surface area contributed by atoms with Crippen molar-refractivity contribution in [1.82, 2.24) is 10.2 Å². The third kappa shape index (κ3) is 4.80. The van der Waals surface area contributed by atoms with E-state index in [0.29, 0.717) is 6.04 Å². The van der Waals surface area contributed by atoms with Gasteiger partial charge in [-0.15, -0.1) is 0 Å². The number of ether oxygens (including phenoxy) is 1. The first-order valence-electron chi connectivity index (χ1n) is 7.76. The van der Waals surface area contributed by atoms with Crippen LogP contribution in [0.5, 0.6) is 5.75 Å². The average Bonchev–Trinajstić information content (AvgIpc) is 2.47. The van der Waals surface area contributed by atoms with Crippen molar-refractivity contribution in [3.05, 3.63) is 29.8 Å². The Bertz CT molecular complexity index is 398. The minimum absolute atomic E-state index is 0.602. The van der Waals surface area contributed by atoms with Gasteiger partial charge in [0.25, 0.3) is 0 Å². The van der Waals surface area contributed by atoms with Crippen LogP contribution in [-0.2, 0) is 6.54 Å². The maximum absolute atomic E-state index is 5.29. The Morgan fingerprint density at radius 2 is 2.05 bits per heavy atom. The van der Waals surface area contributed by atoms with Crippen LogP contribution in [0.25, 0.3) is 0 Å². The van der Waals surface area contributed by atoms with E-state index in [9.17, 15) is 0 Å². The average molecular weight is 276 g/mol. The molecule has 0 radical (unpaired) electrons. The Morgan fingerprint density at radius 3 is 2.70 bits per heavy atom. The predicted octanol–water partition coefficient (Wildman–Crippen LogP) is 2.91. The molecule has 1 aromatic rings. The molecule has 112 valence electrons. The minimum atomic E-state index is 0.602. The second kappa shape index (κ2) is 7.65. The lowest BCUT2D eigenvalue weighted by Gasteiger charge is -2.32. The summed E-state index contributed by atoms with van der Waals surface area (Å²) >= 11 is 0. The van der Waals surface area contributed by atoms with Crippen LogP contribution in [0.2, 0.25) is 0 Å². The van der Waals surface area contributed by atoms with E-state index >= 15 is 0 Å². The van der Waals surface area contributed by atoms with Gasteiger partial charge in [0, 0.05) is 12.6 Å². The first kappa shape index (κ1) is 15.3. The molecule has 1 N–H and O–H groups in total. The van der Waals surface area contributed by atoms with Crippen LogP contribution in [0, 0.1) is 5.92 Å². The van der Waals surface area contributed by atoms with Gasteiger partial charge in [-0.2, -0.15) is 0 Å². The molecule has 0 aromatic heterocycles. The summed E-state index contributed by atoms with van der Waals surface area (Å²) in [5, 5.41) is 3.56. The molecule has 1 aliphatic rings. The third-order valence-electron chi connectivity index (χ3n) is 4.06. The minimum Gasteiger partial charge on any atom is -0.497 e. The van der Waals surface area contributed by atoms with Gasteiger partial charge in [-0.3, -0.25) is 4.90 Å². The van der Waals surface area contributed by atoms with Crippen molar-refractivity contribution in [3.8, 4) is 5.75 Å². The van der Waals surface area contributed by atoms with Crippen LogP contribution in [0.3, 0.4) is 0 Å². The summed E-state index contributed by atoms with van der Waals surface area (Å²) in [7, 11) is 1.73. The Morgan fingerprint density at radius 1 is 1.30 bits per heavy atom. The van der Waals surface area contributed by atoms with Crippen molar-refractivity contribution in [2.45, 2.75) is 39.3 Å². The highest BCUT2D eigenvalue weighted by Crippen LogP contribution is 2.20. The number of rotatable bonds is 6. The lowest BCUT2D eigenvalue weighted by atomic mass is 9.96. The van der Waals surface area contributed by atoms with Gasteiger partial charge in [0.05, 0.1) is 7.11 Å². The number of hydrogen-bond donors (Lipinski definition) is 1. The molecular formula is C17H28N2O. The van der Waals surface area contributed by atoms with Crippen LogP contribution in [0.15, 0.2) is 24.3 Å². The van der Waals surface area contributed by atoms with Crippen molar-refractivity contribution < 1.29 is 4.74 Å². The SMILES string of the molecule is COc1cccc(CN2CCC(CNC(C)C)CC2)c1. The van der Waals surface area contributed by atoms with E-state index in [1.165, 1.54) is 38.0 Å².